The van der Waals surface area contributed by atoms with Gasteiger partial charge in [-0.1, -0.05) is 42.1 Å². The van der Waals surface area contributed by atoms with Crippen LogP contribution >= 0.6 is 43.2 Å². The average molecular weight is 408 g/mol. The maximum Gasteiger partial charge on any atom is 0.0314 e. The topological polar surface area (TPSA) is 0 Å². The van der Waals surface area contributed by atoms with E-state index in [1.54, 1.807) is 0 Å². The van der Waals surface area contributed by atoms with E-state index in [2.05, 4.69) is 50.2 Å². The molecule has 0 aliphatic heterocycles. The molecular weight excluding hydrogens is 384 g/mol. The third kappa shape index (κ3) is 4.31. The van der Waals surface area contributed by atoms with E-state index in [0.717, 1.165) is 11.2 Å². The molecule has 0 saturated heterocycles. The number of unbranched alkanes of at least 4 members (excludes halogenated alkanes) is 1. The van der Waals surface area contributed by atoms with Gasteiger partial charge >= 0.3 is 0 Å². The zero-order chi connectivity index (χ0) is 13.7. The van der Waals surface area contributed by atoms with Gasteiger partial charge in [-0.2, -0.15) is 0 Å². The molecule has 0 atom stereocenters. The SMILES string of the molecule is CCCCC1CCC(CBr)(Cc2sccc2Br)CC1. The van der Waals surface area contributed by atoms with Crippen LogP contribution in [0.4, 0.5) is 0 Å². The Balaban J connectivity index is 1.92. The van der Waals surface area contributed by atoms with Crippen LogP contribution in [0.1, 0.15) is 56.7 Å². The smallest absolute Gasteiger partial charge is 0.0314 e. The molecule has 2 rings (SSSR count). The van der Waals surface area contributed by atoms with Crippen LogP contribution in [0.15, 0.2) is 15.9 Å². The lowest BCUT2D eigenvalue weighted by Crippen LogP contribution is -2.31. The number of hydrogen-bond acceptors (Lipinski definition) is 1. The second-order valence-electron chi connectivity index (χ2n) is 6.09. The fraction of sp³-hybridized carbons (Fsp3) is 0.750. The Morgan fingerprint density at radius 2 is 2.11 bits per heavy atom. The maximum atomic E-state index is 3.80. The highest BCUT2D eigenvalue weighted by atomic mass is 79.9. The molecule has 1 aromatic heterocycles. The van der Waals surface area contributed by atoms with E-state index in [0.29, 0.717) is 5.41 Å². The molecule has 1 heterocycles. The Bertz CT molecular complexity index is 378. The summed E-state index contributed by atoms with van der Waals surface area (Å²) in [6.45, 7) is 2.31. The number of hydrogen-bond donors (Lipinski definition) is 0. The largest absolute Gasteiger partial charge is 0.148 e. The first-order chi connectivity index (χ1) is 9.19. The molecule has 1 aromatic rings. The number of rotatable bonds is 6. The molecule has 1 fully saturated rings. The van der Waals surface area contributed by atoms with Crippen LogP contribution in [-0.2, 0) is 6.42 Å². The summed E-state index contributed by atoms with van der Waals surface area (Å²) in [6.07, 6.45) is 11.1. The van der Waals surface area contributed by atoms with Crippen molar-refractivity contribution in [2.24, 2.45) is 11.3 Å². The molecule has 0 unspecified atom stereocenters. The van der Waals surface area contributed by atoms with Gasteiger partial charge in [0.1, 0.15) is 0 Å². The van der Waals surface area contributed by atoms with Crippen molar-refractivity contribution in [3.63, 3.8) is 0 Å². The maximum absolute atomic E-state index is 3.80. The van der Waals surface area contributed by atoms with E-state index in [-0.39, 0.29) is 0 Å². The molecule has 0 bridgehead atoms. The van der Waals surface area contributed by atoms with Crippen molar-refractivity contribution in [3.05, 3.63) is 20.8 Å². The summed E-state index contributed by atoms with van der Waals surface area (Å²) in [6, 6.07) is 2.19. The van der Waals surface area contributed by atoms with Crippen molar-refractivity contribution in [2.45, 2.75) is 58.3 Å². The minimum absolute atomic E-state index is 0.510. The highest BCUT2D eigenvalue weighted by Gasteiger charge is 2.35. The van der Waals surface area contributed by atoms with E-state index in [9.17, 15) is 0 Å². The zero-order valence-electron chi connectivity index (χ0n) is 11.8. The molecule has 0 N–H and O–H groups in total. The monoisotopic (exact) mass is 406 g/mol. The second-order valence-corrected chi connectivity index (χ2v) is 8.50. The summed E-state index contributed by atoms with van der Waals surface area (Å²) in [5, 5.41) is 3.36. The first-order valence-electron chi connectivity index (χ1n) is 7.47. The Morgan fingerprint density at radius 3 is 2.63 bits per heavy atom. The van der Waals surface area contributed by atoms with Crippen molar-refractivity contribution < 1.29 is 0 Å². The molecule has 0 radical (unpaired) electrons. The van der Waals surface area contributed by atoms with Crippen molar-refractivity contribution >= 4 is 43.2 Å². The summed E-state index contributed by atoms with van der Waals surface area (Å²) in [5.41, 5.74) is 0.510. The lowest BCUT2D eigenvalue weighted by atomic mass is 9.69. The van der Waals surface area contributed by atoms with Gasteiger partial charge in [-0.3, -0.25) is 0 Å². The quantitative estimate of drug-likeness (QED) is 0.454. The van der Waals surface area contributed by atoms with Crippen LogP contribution in [0.5, 0.6) is 0 Å². The normalized spacial score (nSPS) is 27.6. The summed E-state index contributed by atoms with van der Waals surface area (Å²) in [4.78, 5) is 1.53. The molecule has 0 spiro atoms. The minimum Gasteiger partial charge on any atom is -0.148 e. The van der Waals surface area contributed by atoms with Crippen LogP contribution in [0.3, 0.4) is 0 Å². The Labute approximate surface area is 138 Å². The first-order valence-corrected chi connectivity index (χ1v) is 10.3. The van der Waals surface area contributed by atoms with Crippen LogP contribution in [0.25, 0.3) is 0 Å². The van der Waals surface area contributed by atoms with Crippen molar-refractivity contribution in [3.8, 4) is 0 Å². The van der Waals surface area contributed by atoms with Crippen LogP contribution < -0.4 is 0 Å². The summed E-state index contributed by atoms with van der Waals surface area (Å²) in [7, 11) is 0. The van der Waals surface area contributed by atoms with E-state index in [1.807, 2.05) is 11.3 Å². The van der Waals surface area contributed by atoms with E-state index in [1.165, 1.54) is 60.7 Å². The third-order valence-electron chi connectivity index (χ3n) is 4.64. The summed E-state index contributed by atoms with van der Waals surface area (Å²) < 4.78 is 1.31. The third-order valence-corrected chi connectivity index (χ3v) is 7.76. The number of alkyl halides is 1. The van der Waals surface area contributed by atoms with Crippen LogP contribution in [-0.4, -0.2) is 5.33 Å². The molecule has 1 saturated carbocycles. The fourth-order valence-corrected chi connectivity index (χ4v) is 5.65. The van der Waals surface area contributed by atoms with Gasteiger partial charge in [0, 0.05) is 14.7 Å². The Hall–Kier alpha value is 0.660. The lowest BCUT2D eigenvalue weighted by Gasteiger charge is -2.39. The van der Waals surface area contributed by atoms with Gasteiger partial charge in [0.15, 0.2) is 0 Å². The Morgan fingerprint density at radius 1 is 1.37 bits per heavy atom. The summed E-state index contributed by atoms with van der Waals surface area (Å²) in [5.74, 6) is 0.999. The predicted octanol–water partition coefficient (Wildman–Crippen LogP) is 6.81. The van der Waals surface area contributed by atoms with Gasteiger partial charge < -0.3 is 0 Å². The number of halogens is 2. The molecule has 1 aliphatic rings. The van der Waals surface area contributed by atoms with E-state index in [4.69, 9.17) is 0 Å². The summed E-state index contributed by atoms with van der Waals surface area (Å²) >= 11 is 9.39. The minimum atomic E-state index is 0.510. The number of thiophene rings is 1. The fourth-order valence-electron chi connectivity index (χ4n) is 3.22. The van der Waals surface area contributed by atoms with Gasteiger partial charge in [-0.15, -0.1) is 11.3 Å². The molecule has 3 heteroatoms. The molecule has 0 aromatic carbocycles. The standard InChI is InChI=1S/C16H24Br2S/c1-2-3-4-13-5-8-16(12-17,9-6-13)11-15-14(18)7-10-19-15/h7,10,13H,2-6,8-9,11-12H2,1H3. The highest BCUT2D eigenvalue weighted by molar-refractivity contribution is 9.10. The second kappa shape index (κ2) is 7.61. The predicted molar refractivity (Wildman–Crippen MR) is 93.4 cm³/mol. The molecule has 0 nitrogen and oxygen atoms in total. The molecule has 19 heavy (non-hydrogen) atoms. The average Bonchev–Trinajstić information content (AvgIpc) is 2.83. The van der Waals surface area contributed by atoms with E-state index >= 15 is 0 Å². The zero-order valence-corrected chi connectivity index (χ0v) is 15.7. The van der Waals surface area contributed by atoms with Crippen LogP contribution in [0.2, 0.25) is 0 Å². The van der Waals surface area contributed by atoms with Gasteiger partial charge in [-0.05, 0) is 70.8 Å². The van der Waals surface area contributed by atoms with Gasteiger partial charge in [-0.25, -0.2) is 0 Å². The first kappa shape index (κ1) is 16.0. The van der Waals surface area contributed by atoms with Crippen molar-refractivity contribution in [1.82, 2.24) is 0 Å². The van der Waals surface area contributed by atoms with Gasteiger partial charge in [0.05, 0.1) is 0 Å². The molecule has 1 aliphatic carbocycles. The highest BCUT2D eigenvalue weighted by Crippen LogP contribution is 2.45. The molecule has 0 amide bonds. The van der Waals surface area contributed by atoms with E-state index < -0.39 is 0 Å². The molecule has 108 valence electrons. The molecular formula is C16H24Br2S. The van der Waals surface area contributed by atoms with Crippen molar-refractivity contribution in [1.29, 1.82) is 0 Å². The van der Waals surface area contributed by atoms with Gasteiger partial charge in [0.2, 0.25) is 0 Å². The van der Waals surface area contributed by atoms with Gasteiger partial charge in [0.25, 0.3) is 0 Å². The van der Waals surface area contributed by atoms with Crippen molar-refractivity contribution in [2.75, 3.05) is 5.33 Å². The Kier molecular flexibility index (Phi) is 6.42. The lowest BCUT2D eigenvalue weighted by molar-refractivity contribution is 0.169. The van der Waals surface area contributed by atoms with Crippen LogP contribution in [0, 0.1) is 11.3 Å².